The van der Waals surface area contributed by atoms with E-state index in [1.54, 1.807) is 25.7 Å². The van der Waals surface area contributed by atoms with Crippen LogP contribution in [0.5, 0.6) is 11.5 Å². The average Bonchev–Trinajstić information content (AvgIpc) is 3.53. The summed E-state index contributed by atoms with van der Waals surface area (Å²) in [5, 5.41) is 39.2. The fourth-order valence-corrected chi connectivity index (χ4v) is 7.84. The predicted octanol–water partition coefficient (Wildman–Crippen LogP) is 0.526. The summed E-state index contributed by atoms with van der Waals surface area (Å²) in [7, 11) is 1.94. The third-order valence-electron chi connectivity index (χ3n) is 8.34. The molecular formula is C32H38N7O11S2+. The average molecular weight is 761 g/mol. The molecule has 2 atom stereocenters. The number of esters is 1. The highest BCUT2D eigenvalue weighted by molar-refractivity contribution is 8.00. The number of ether oxygens (including phenoxy) is 1. The Balaban J connectivity index is 1.26. The molecule has 18 nitrogen and oxygen atoms in total. The topological polar surface area (TPSA) is 237 Å². The van der Waals surface area contributed by atoms with E-state index in [1.165, 1.54) is 35.3 Å². The summed E-state index contributed by atoms with van der Waals surface area (Å²) < 4.78 is 5.59. The van der Waals surface area contributed by atoms with Crippen molar-refractivity contribution >= 4 is 70.0 Å². The number of thioether (sulfide) groups is 1. The first-order valence-corrected chi connectivity index (χ1v) is 17.9. The van der Waals surface area contributed by atoms with Crippen LogP contribution in [0, 0.1) is 0 Å². The molecule has 5 N–H and O–H groups in total. The zero-order chi connectivity index (χ0) is 38.0. The number of hydrogen-bond donors (Lipinski definition) is 5. The molecule has 2 aromatic rings. The van der Waals surface area contributed by atoms with Crippen molar-refractivity contribution in [3.05, 3.63) is 46.1 Å². The fraction of sp³-hybridized carbons (Fsp3) is 0.438. The molecular weight excluding hydrogens is 723 g/mol. The Kier molecular flexibility index (Phi) is 11.1. The number of aromatic hydroxyl groups is 2. The lowest BCUT2D eigenvalue weighted by Gasteiger charge is -2.50. The van der Waals surface area contributed by atoms with Crippen LogP contribution in [0.2, 0.25) is 0 Å². The largest absolute Gasteiger partial charge is 0.504 e. The van der Waals surface area contributed by atoms with Crippen molar-refractivity contribution in [1.29, 1.82) is 0 Å². The van der Waals surface area contributed by atoms with Crippen LogP contribution in [0.25, 0.3) is 0 Å². The van der Waals surface area contributed by atoms with Crippen molar-refractivity contribution in [2.24, 2.45) is 5.16 Å². The molecule has 1 aromatic heterocycles. The number of β-lactam (4-membered cyclic amide) rings is 1. The molecule has 4 heterocycles. The zero-order valence-corrected chi connectivity index (χ0v) is 30.3. The van der Waals surface area contributed by atoms with Crippen LogP contribution in [0.15, 0.2) is 40.0 Å². The van der Waals surface area contributed by atoms with Gasteiger partial charge in [-0.1, -0.05) is 5.16 Å². The number of likely N-dealkylation sites (N-methyl/N-ethyl adjacent to an activating group) is 1. The number of aromatic nitrogens is 1. The molecule has 3 aliphatic heterocycles. The summed E-state index contributed by atoms with van der Waals surface area (Å²) in [6.07, 6.45) is 0.401. The maximum atomic E-state index is 13.5. The number of rotatable bonds is 12. The number of benzene rings is 1. The summed E-state index contributed by atoms with van der Waals surface area (Å²) in [6.45, 7) is 6.38. The SMILES string of the molecule is CC(C)(C)OC(=O)CON=C(C(=O)N[C@@H]1C(=O)N2C(C(=O)O)=C(C[N+]3(C)CCN(C(=O)c4ccc(O)c(O)c4)CC3)CS[C@@H]12)c1csc(NC=O)n1. The molecule has 4 amide bonds. The van der Waals surface area contributed by atoms with Gasteiger partial charge in [-0.2, -0.15) is 0 Å². The third kappa shape index (κ3) is 8.45. The number of piperazine rings is 1. The molecule has 20 heteroatoms. The van der Waals surface area contributed by atoms with E-state index in [4.69, 9.17) is 9.57 Å². The minimum Gasteiger partial charge on any atom is -0.504 e. The molecule has 3 aliphatic rings. The molecule has 52 heavy (non-hydrogen) atoms. The number of carbonyl (C=O) groups is 6. The molecule has 278 valence electrons. The number of fused-ring (bicyclic) bond motifs is 1. The second-order valence-electron chi connectivity index (χ2n) is 13.4. The summed E-state index contributed by atoms with van der Waals surface area (Å²) >= 11 is 2.28. The van der Waals surface area contributed by atoms with E-state index < -0.39 is 58.8 Å². The molecule has 0 radical (unpaired) electrons. The second kappa shape index (κ2) is 15.2. The van der Waals surface area contributed by atoms with Gasteiger partial charge in [-0.05, 0) is 39.0 Å². The van der Waals surface area contributed by atoms with E-state index >= 15 is 0 Å². The maximum absolute atomic E-state index is 13.5. The first kappa shape index (κ1) is 38.0. The van der Waals surface area contributed by atoms with Crippen LogP contribution >= 0.6 is 23.1 Å². The van der Waals surface area contributed by atoms with E-state index in [0.717, 1.165) is 16.2 Å². The van der Waals surface area contributed by atoms with E-state index in [0.29, 0.717) is 49.2 Å². The number of phenolic OH excluding ortho intramolecular Hbond substituents is 2. The van der Waals surface area contributed by atoms with Gasteiger partial charge in [0.1, 0.15) is 35.0 Å². The van der Waals surface area contributed by atoms with Crippen LogP contribution in [0.1, 0.15) is 36.8 Å². The van der Waals surface area contributed by atoms with E-state index in [-0.39, 0.29) is 39.5 Å². The number of oxime groups is 1. The van der Waals surface area contributed by atoms with Gasteiger partial charge in [0.2, 0.25) is 13.0 Å². The highest BCUT2D eigenvalue weighted by Gasteiger charge is 2.55. The van der Waals surface area contributed by atoms with Crippen molar-refractivity contribution in [2.75, 3.05) is 57.4 Å². The van der Waals surface area contributed by atoms with E-state index in [1.807, 2.05) is 7.05 Å². The van der Waals surface area contributed by atoms with Gasteiger partial charge in [0.05, 0.1) is 33.2 Å². The first-order chi connectivity index (χ1) is 24.5. The van der Waals surface area contributed by atoms with Gasteiger partial charge in [-0.3, -0.25) is 24.1 Å². The Hall–Kier alpha value is -5.21. The van der Waals surface area contributed by atoms with Crippen LogP contribution in [-0.4, -0.2) is 146 Å². The molecule has 0 unspecified atom stereocenters. The number of carboxylic acid groups (broad SMARTS) is 1. The molecule has 2 saturated heterocycles. The number of carboxylic acids is 1. The number of phenols is 2. The third-order valence-corrected chi connectivity index (χ3v) is 10.5. The quantitative estimate of drug-likeness (QED) is 0.0378. The van der Waals surface area contributed by atoms with Crippen molar-refractivity contribution in [2.45, 2.75) is 37.8 Å². The Morgan fingerprint density at radius 2 is 1.87 bits per heavy atom. The maximum Gasteiger partial charge on any atom is 0.352 e. The number of nitrogens with one attached hydrogen (secondary N) is 2. The number of quaternary nitrogens is 1. The van der Waals surface area contributed by atoms with Gasteiger partial charge in [0.25, 0.3) is 17.7 Å². The van der Waals surface area contributed by atoms with Crippen molar-refractivity contribution in [1.82, 2.24) is 20.1 Å². The van der Waals surface area contributed by atoms with Gasteiger partial charge >= 0.3 is 11.9 Å². The predicted molar refractivity (Wildman–Crippen MR) is 186 cm³/mol. The zero-order valence-electron chi connectivity index (χ0n) is 28.7. The van der Waals surface area contributed by atoms with Gasteiger partial charge in [0, 0.05) is 22.3 Å². The Morgan fingerprint density at radius 3 is 2.50 bits per heavy atom. The van der Waals surface area contributed by atoms with Crippen LogP contribution in [0.4, 0.5) is 5.13 Å². The molecule has 1 aromatic carbocycles. The van der Waals surface area contributed by atoms with Crippen LogP contribution in [-0.2, 0) is 33.5 Å². The minimum atomic E-state index is -1.29. The van der Waals surface area contributed by atoms with Gasteiger partial charge < -0.3 is 44.9 Å². The van der Waals surface area contributed by atoms with Crippen LogP contribution in [0.3, 0.4) is 0 Å². The normalized spacial score (nSPS) is 20.0. The second-order valence-corrected chi connectivity index (χ2v) is 15.4. The lowest BCUT2D eigenvalue weighted by atomic mass is 10.0. The number of thiazole rings is 1. The summed E-state index contributed by atoms with van der Waals surface area (Å²) in [5.41, 5.74) is -0.582. The summed E-state index contributed by atoms with van der Waals surface area (Å²) in [4.78, 5) is 87.6. The lowest BCUT2D eigenvalue weighted by Crippen LogP contribution is -2.71. The summed E-state index contributed by atoms with van der Waals surface area (Å²) in [5.74, 6) is -4.34. The van der Waals surface area contributed by atoms with Crippen molar-refractivity contribution in [3.63, 3.8) is 0 Å². The summed E-state index contributed by atoms with van der Waals surface area (Å²) in [6, 6.07) is 2.76. The minimum absolute atomic E-state index is 0.00987. The standard InChI is InChI=1S/C32H37N7O11S2/c1-32(2,3)50-22(43)13-49-36-23(19-15-52-31(34-19)33-16-40)26(44)35-24-28(46)38-25(30(47)48)18(14-51-29(24)38)12-39(4)9-7-37(8-10-39)27(45)17-5-6-20(41)21(42)11-17/h5-6,11,15-16,24,29H,7-10,12-14H2,1-4H3,(H4-,33,34,35,36,40,41,42,44,45,47,48)/p+1/t24-,29+/m1/s1. The highest BCUT2D eigenvalue weighted by atomic mass is 32.2. The highest BCUT2D eigenvalue weighted by Crippen LogP contribution is 2.41. The molecule has 0 bridgehead atoms. The molecule has 5 rings (SSSR count). The van der Waals surface area contributed by atoms with E-state index in [9.17, 15) is 44.1 Å². The smallest absolute Gasteiger partial charge is 0.352 e. The van der Waals surface area contributed by atoms with E-state index in [2.05, 4.69) is 20.8 Å². The molecule has 0 spiro atoms. The number of hydrogen-bond acceptors (Lipinski definition) is 14. The van der Waals surface area contributed by atoms with Crippen molar-refractivity contribution in [3.8, 4) is 11.5 Å². The monoisotopic (exact) mass is 760 g/mol. The number of carbonyl (C=O) groups excluding carboxylic acids is 5. The van der Waals surface area contributed by atoms with Crippen LogP contribution < -0.4 is 10.6 Å². The Morgan fingerprint density at radius 1 is 1.15 bits per heavy atom. The Bertz CT molecular complexity index is 1850. The van der Waals surface area contributed by atoms with Gasteiger partial charge in [0.15, 0.2) is 22.3 Å². The number of anilines is 1. The Labute approximate surface area is 305 Å². The molecule has 0 aliphatic carbocycles. The lowest BCUT2D eigenvalue weighted by molar-refractivity contribution is -0.908. The first-order valence-electron chi connectivity index (χ1n) is 15.9. The number of amides is 4. The molecule has 2 fully saturated rings. The number of aliphatic carboxylic acids is 1. The van der Waals surface area contributed by atoms with Gasteiger partial charge in [-0.25, -0.2) is 14.6 Å². The molecule has 0 saturated carbocycles. The van der Waals surface area contributed by atoms with Crippen molar-refractivity contribution < 1.29 is 58.1 Å². The van der Waals surface area contributed by atoms with Gasteiger partial charge in [-0.15, -0.1) is 23.1 Å². The number of nitrogens with zero attached hydrogens (tertiary/aromatic N) is 5. The fourth-order valence-electron chi connectivity index (χ4n) is 5.85.